The highest BCUT2D eigenvalue weighted by Crippen LogP contribution is 2.37. The first kappa shape index (κ1) is 29.4. The van der Waals surface area contributed by atoms with E-state index in [1.165, 1.54) is 23.0 Å². The lowest BCUT2D eigenvalue weighted by Gasteiger charge is -2.26. The van der Waals surface area contributed by atoms with Crippen LogP contribution in [0.2, 0.25) is 0 Å². The number of fused-ring (bicyclic) bond motifs is 2. The highest BCUT2D eigenvalue weighted by Gasteiger charge is 2.35. The fourth-order valence-corrected chi connectivity index (χ4v) is 7.04. The van der Waals surface area contributed by atoms with Gasteiger partial charge in [-0.3, -0.25) is 14.2 Å². The Hall–Kier alpha value is -4.64. The molecule has 1 atom stereocenters. The number of nitrogens with zero attached hydrogens (tertiary/aromatic N) is 4. The van der Waals surface area contributed by atoms with Gasteiger partial charge in [0.25, 0.3) is 5.56 Å². The van der Waals surface area contributed by atoms with E-state index in [0.29, 0.717) is 32.1 Å². The van der Waals surface area contributed by atoms with Crippen LogP contribution in [0.15, 0.2) is 69.7 Å². The Morgan fingerprint density at radius 1 is 1.09 bits per heavy atom. The molecule has 0 bridgehead atoms. The molecule has 1 saturated heterocycles. The minimum absolute atomic E-state index is 0.0876. The zero-order chi connectivity index (χ0) is 31.0. The van der Waals surface area contributed by atoms with Gasteiger partial charge in [-0.1, -0.05) is 29.5 Å². The molecule has 4 aromatic rings. The van der Waals surface area contributed by atoms with Gasteiger partial charge in [-0.2, -0.15) is 0 Å². The molecule has 44 heavy (non-hydrogen) atoms. The lowest BCUT2D eigenvalue weighted by atomic mass is 9.95. The third kappa shape index (κ3) is 5.21. The van der Waals surface area contributed by atoms with Crippen LogP contribution in [0.3, 0.4) is 0 Å². The summed E-state index contributed by atoms with van der Waals surface area (Å²) in [5, 5.41) is 0.935. The average Bonchev–Trinajstić information content (AvgIpc) is 3.76. The fraction of sp³-hybridized carbons (Fsp3) is 0.333. The van der Waals surface area contributed by atoms with E-state index < -0.39 is 12.0 Å². The van der Waals surface area contributed by atoms with Crippen molar-refractivity contribution in [2.75, 3.05) is 33.9 Å². The van der Waals surface area contributed by atoms with E-state index in [4.69, 9.17) is 14.2 Å². The number of likely N-dealkylation sites (tertiary alicyclic amines) is 1. The van der Waals surface area contributed by atoms with Crippen LogP contribution in [0.25, 0.3) is 17.0 Å². The predicted molar refractivity (Wildman–Crippen MR) is 168 cm³/mol. The molecule has 2 aliphatic rings. The zero-order valence-electron chi connectivity index (χ0n) is 25.2. The Morgan fingerprint density at radius 2 is 1.86 bits per heavy atom. The van der Waals surface area contributed by atoms with Gasteiger partial charge >= 0.3 is 5.97 Å². The van der Waals surface area contributed by atoms with Crippen molar-refractivity contribution >= 4 is 40.2 Å². The number of benzene rings is 2. The normalized spacial score (nSPS) is 16.7. The van der Waals surface area contributed by atoms with Crippen molar-refractivity contribution in [2.24, 2.45) is 4.99 Å². The van der Waals surface area contributed by atoms with Crippen molar-refractivity contribution in [1.82, 2.24) is 14.0 Å². The molecular formula is C33H34N4O6S. The number of amides is 1. The maximum atomic E-state index is 14.2. The summed E-state index contributed by atoms with van der Waals surface area (Å²) >= 11 is 1.25. The van der Waals surface area contributed by atoms with Crippen molar-refractivity contribution in [3.05, 3.63) is 90.7 Å². The first-order valence-electron chi connectivity index (χ1n) is 14.6. The van der Waals surface area contributed by atoms with Crippen LogP contribution in [0, 0.1) is 0 Å². The van der Waals surface area contributed by atoms with E-state index in [1.54, 1.807) is 39.2 Å². The highest BCUT2D eigenvalue weighted by molar-refractivity contribution is 7.07. The second kappa shape index (κ2) is 12.2. The summed E-state index contributed by atoms with van der Waals surface area (Å²) in [6.45, 7) is 5.48. The van der Waals surface area contributed by atoms with Crippen molar-refractivity contribution in [3.63, 3.8) is 0 Å². The van der Waals surface area contributed by atoms with Gasteiger partial charge in [0.1, 0.15) is 24.1 Å². The van der Waals surface area contributed by atoms with Gasteiger partial charge in [-0.15, -0.1) is 0 Å². The van der Waals surface area contributed by atoms with E-state index >= 15 is 0 Å². The molecule has 2 aromatic heterocycles. The van der Waals surface area contributed by atoms with E-state index in [-0.39, 0.29) is 30.2 Å². The third-order valence-electron chi connectivity index (χ3n) is 8.12. The van der Waals surface area contributed by atoms with Gasteiger partial charge in [0.2, 0.25) is 5.91 Å². The van der Waals surface area contributed by atoms with Crippen LogP contribution in [0.4, 0.5) is 0 Å². The predicted octanol–water partition coefficient (Wildman–Crippen LogP) is 3.39. The lowest BCUT2D eigenvalue weighted by Crippen LogP contribution is -2.40. The molecule has 2 aromatic carbocycles. The molecule has 11 heteroatoms. The fourth-order valence-electron chi connectivity index (χ4n) is 6.00. The summed E-state index contributed by atoms with van der Waals surface area (Å²) in [5.74, 6) is 0.586. The van der Waals surface area contributed by atoms with Crippen LogP contribution in [0.5, 0.6) is 11.5 Å². The Balaban J connectivity index is 1.51. The summed E-state index contributed by atoms with van der Waals surface area (Å²) in [6, 6.07) is 12.3. The summed E-state index contributed by atoms with van der Waals surface area (Å²) in [6.07, 6.45) is 5.83. The van der Waals surface area contributed by atoms with Crippen LogP contribution >= 0.6 is 11.3 Å². The van der Waals surface area contributed by atoms with Gasteiger partial charge in [0.15, 0.2) is 4.80 Å². The number of ether oxygens (including phenoxy) is 3. The molecule has 0 N–H and O–H groups in total. The quantitative estimate of drug-likeness (QED) is 0.282. The van der Waals surface area contributed by atoms with Crippen LogP contribution in [-0.4, -0.2) is 59.8 Å². The minimum atomic E-state index is -0.826. The molecule has 228 valence electrons. The number of rotatable bonds is 8. The van der Waals surface area contributed by atoms with E-state index in [2.05, 4.69) is 4.99 Å². The number of carbonyl (C=O) groups is 2. The minimum Gasteiger partial charge on any atom is -0.497 e. The molecule has 0 spiro atoms. The van der Waals surface area contributed by atoms with Crippen LogP contribution in [0.1, 0.15) is 43.9 Å². The molecule has 10 nitrogen and oxygen atoms in total. The Bertz CT molecular complexity index is 1980. The summed E-state index contributed by atoms with van der Waals surface area (Å²) in [7, 11) is 3.09. The molecule has 0 unspecified atom stereocenters. The maximum absolute atomic E-state index is 14.2. The van der Waals surface area contributed by atoms with Crippen molar-refractivity contribution in [3.8, 4) is 11.5 Å². The molecule has 6 rings (SSSR count). The number of methoxy groups -OCH3 is 2. The second-order valence-electron chi connectivity index (χ2n) is 10.7. The SMILES string of the molecule is CCOC(=O)C1=C(C)N=c2s/c(=C/c3cn(CC(=O)N4CCCC4)c4ccccc34)c(=O)n2[C@@H]1c1ccc(OC)cc1OC. The zero-order valence-corrected chi connectivity index (χ0v) is 26.0. The monoisotopic (exact) mass is 614 g/mol. The van der Waals surface area contributed by atoms with Crippen LogP contribution < -0.4 is 24.4 Å². The number of hydrogen-bond donors (Lipinski definition) is 0. The Kier molecular flexibility index (Phi) is 8.13. The van der Waals surface area contributed by atoms with Crippen molar-refractivity contribution in [1.29, 1.82) is 0 Å². The smallest absolute Gasteiger partial charge is 0.338 e. The molecule has 1 fully saturated rings. The maximum Gasteiger partial charge on any atom is 0.338 e. The van der Waals surface area contributed by atoms with Gasteiger partial charge < -0.3 is 23.7 Å². The lowest BCUT2D eigenvalue weighted by molar-refractivity contribution is -0.139. The number of aromatic nitrogens is 2. The van der Waals surface area contributed by atoms with Gasteiger partial charge in [-0.25, -0.2) is 9.79 Å². The number of esters is 1. The third-order valence-corrected chi connectivity index (χ3v) is 9.11. The largest absolute Gasteiger partial charge is 0.497 e. The molecule has 0 radical (unpaired) electrons. The number of carbonyl (C=O) groups excluding carboxylic acids is 2. The summed E-state index contributed by atoms with van der Waals surface area (Å²) in [4.78, 5) is 47.6. The number of thiazole rings is 1. The van der Waals surface area contributed by atoms with Crippen molar-refractivity contribution < 1.29 is 23.8 Å². The van der Waals surface area contributed by atoms with Gasteiger partial charge in [-0.05, 0) is 51.0 Å². The molecule has 4 heterocycles. The summed E-state index contributed by atoms with van der Waals surface area (Å²) < 4.78 is 20.5. The Morgan fingerprint density at radius 3 is 2.59 bits per heavy atom. The molecule has 0 aliphatic carbocycles. The molecule has 2 aliphatic heterocycles. The number of para-hydroxylation sites is 1. The van der Waals surface area contributed by atoms with Gasteiger partial charge in [0, 0.05) is 47.4 Å². The second-order valence-corrected chi connectivity index (χ2v) is 11.7. The first-order chi connectivity index (χ1) is 21.3. The standard InChI is InChI=1S/C33H34N4O6S/c1-5-43-32(40)29-20(2)34-33-37(30(29)24-13-12-22(41-3)17-26(24)42-4)31(39)27(44-33)16-21-18-36(25-11-7-6-10-23(21)25)19-28(38)35-14-8-9-15-35/h6-7,10-13,16-18,30H,5,8-9,14-15,19H2,1-4H3/b27-16+/t30-/m1/s1. The van der Waals surface area contributed by atoms with Gasteiger partial charge in [0.05, 0.1) is 36.6 Å². The van der Waals surface area contributed by atoms with Crippen molar-refractivity contribution in [2.45, 2.75) is 39.3 Å². The topological polar surface area (TPSA) is 104 Å². The highest BCUT2D eigenvalue weighted by atomic mass is 32.1. The van der Waals surface area contributed by atoms with E-state index in [9.17, 15) is 14.4 Å². The number of allylic oxidation sites excluding steroid dienone is 1. The molecular weight excluding hydrogens is 580 g/mol. The van der Waals surface area contributed by atoms with E-state index in [1.807, 2.05) is 46.0 Å². The van der Waals surface area contributed by atoms with Crippen LogP contribution in [-0.2, 0) is 20.9 Å². The Labute approximate surface area is 258 Å². The average molecular weight is 615 g/mol. The molecule has 0 saturated carbocycles. The summed E-state index contributed by atoms with van der Waals surface area (Å²) in [5.41, 5.74) is 2.79. The first-order valence-corrected chi connectivity index (χ1v) is 15.4. The molecule has 1 amide bonds. The number of hydrogen-bond acceptors (Lipinski definition) is 8. The van der Waals surface area contributed by atoms with E-state index in [0.717, 1.165) is 42.4 Å².